The summed E-state index contributed by atoms with van der Waals surface area (Å²) in [6.07, 6.45) is 3.36. The Morgan fingerprint density at radius 1 is 1.25 bits per heavy atom. The third kappa shape index (κ3) is 3.35. The van der Waals surface area contributed by atoms with Crippen molar-refractivity contribution in [1.29, 1.82) is 0 Å². The van der Waals surface area contributed by atoms with E-state index in [2.05, 4.69) is 4.90 Å². The van der Waals surface area contributed by atoms with Gasteiger partial charge in [-0.3, -0.25) is 0 Å². The number of nitrogen functional groups attached to an aromatic ring is 1. The van der Waals surface area contributed by atoms with Crippen molar-refractivity contribution in [3.05, 3.63) is 18.2 Å². The molecule has 0 aliphatic carbocycles. The number of nitrogens with two attached hydrogens (primary N) is 1. The number of rotatable bonds is 5. The largest absolute Gasteiger partial charge is 0.483 e. The first-order valence-electron chi connectivity index (χ1n) is 7.34. The molecule has 0 aromatic heterocycles. The highest BCUT2D eigenvalue weighted by Gasteiger charge is 2.21. The summed E-state index contributed by atoms with van der Waals surface area (Å²) in [6, 6.07) is 5.41. The summed E-state index contributed by atoms with van der Waals surface area (Å²) in [5.41, 5.74) is 6.41. The van der Waals surface area contributed by atoms with Crippen LogP contribution in [0.5, 0.6) is 11.5 Å². The van der Waals surface area contributed by atoms with Crippen molar-refractivity contribution in [3.8, 4) is 11.5 Å². The fourth-order valence-corrected chi connectivity index (χ4v) is 2.66. The maximum absolute atomic E-state index is 5.74. The topological polar surface area (TPSA) is 57.0 Å². The van der Waals surface area contributed by atoms with E-state index in [0.717, 1.165) is 18.7 Å². The number of fused-ring (bicyclic) bond motifs is 1. The van der Waals surface area contributed by atoms with Crippen LogP contribution in [-0.2, 0) is 4.74 Å². The summed E-state index contributed by atoms with van der Waals surface area (Å²) in [6.45, 7) is 4.70. The van der Waals surface area contributed by atoms with Gasteiger partial charge in [0.25, 0.3) is 0 Å². The Bertz CT molecular complexity index is 447. The van der Waals surface area contributed by atoms with Gasteiger partial charge in [-0.25, -0.2) is 0 Å². The van der Waals surface area contributed by atoms with Gasteiger partial charge in [0.15, 0.2) is 18.1 Å². The van der Waals surface area contributed by atoms with E-state index >= 15 is 0 Å². The van der Waals surface area contributed by atoms with E-state index in [1.807, 2.05) is 6.07 Å². The highest BCUT2D eigenvalue weighted by molar-refractivity contribution is 5.52. The maximum atomic E-state index is 5.74. The van der Waals surface area contributed by atoms with E-state index in [1.54, 1.807) is 12.1 Å². The summed E-state index contributed by atoms with van der Waals surface area (Å²) < 4.78 is 17.1. The van der Waals surface area contributed by atoms with Crippen LogP contribution in [0.15, 0.2) is 18.2 Å². The average molecular weight is 278 g/mol. The molecule has 2 N–H and O–H groups in total. The minimum atomic E-state index is -0.331. The number of ether oxygens (including phenoxy) is 3. The van der Waals surface area contributed by atoms with E-state index in [9.17, 15) is 0 Å². The number of likely N-dealkylation sites (tertiary alicyclic amines) is 1. The normalized spacial score (nSPS) is 22.1. The summed E-state index contributed by atoms with van der Waals surface area (Å²) >= 11 is 0. The van der Waals surface area contributed by atoms with Gasteiger partial charge in [0, 0.05) is 18.3 Å². The fourth-order valence-electron chi connectivity index (χ4n) is 2.66. The second-order valence-electron chi connectivity index (χ2n) is 5.34. The molecule has 2 heterocycles. The van der Waals surface area contributed by atoms with Gasteiger partial charge in [0.1, 0.15) is 0 Å². The number of anilines is 1. The van der Waals surface area contributed by atoms with Crippen LogP contribution in [0, 0.1) is 0 Å². The molecule has 2 aliphatic rings. The van der Waals surface area contributed by atoms with Gasteiger partial charge in [-0.05, 0) is 44.5 Å². The van der Waals surface area contributed by atoms with Gasteiger partial charge in [-0.15, -0.1) is 0 Å². The van der Waals surface area contributed by atoms with E-state index in [4.69, 9.17) is 19.9 Å². The molecule has 1 saturated heterocycles. The van der Waals surface area contributed by atoms with Crippen molar-refractivity contribution in [2.24, 2.45) is 0 Å². The smallest absolute Gasteiger partial charge is 0.234 e. The molecule has 20 heavy (non-hydrogen) atoms. The molecule has 0 amide bonds. The standard InChI is InChI=1S/C15H22N2O3/c16-12-4-5-13-14(10-12)20-15(11-19-13)18-9-3-8-17-6-1-2-7-17/h4-5,10,15H,1-3,6-9,11,16H2. The summed E-state index contributed by atoms with van der Waals surface area (Å²) in [5.74, 6) is 1.40. The molecular weight excluding hydrogens is 256 g/mol. The van der Waals surface area contributed by atoms with Crippen LogP contribution in [0.25, 0.3) is 0 Å². The van der Waals surface area contributed by atoms with Crippen molar-refractivity contribution in [1.82, 2.24) is 4.90 Å². The van der Waals surface area contributed by atoms with Crippen LogP contribution in [0.3, 0.4) is 0 Å². The zero-order valence-corrected chi connectivity index (χ0v) is 11.7. The Labute approximate surface area is 119 Å². The predicted octanol–water partition coefficient (Wildman–Crippen LogP) is 1.87. The van der Waals surface area contributed by atoms with Crippen LogP contribution in [0.1, 0.15) is 19.3 Å². The van der Waals surface area contributed by atoms with Gasteiger partial charge in [-0.2, -0.15) is 0 Å². The van der Waals surface area contributed by atoms with E-state index < -0.39 is 0 Å². The minimum Gasteiger partial charge on any atom is -0.483 e. The molecule has 0 saturated carbocycles. The Morgan fingerprint density at radius 3 is 2.95 bits per heavy atom. The highest BCUT2D eigenvalue weighted by atomic mass is 16.7. The molecule has 110 valence electrons. The summed E-state index contributed by atoms with van der Waals surface area (Å²) in [4.78, 5) is 2.48. The minimum absolute atomic E-state index is 0.331. The lowest BCUT2D eigenvalue weighted by Gasteiger charge is -2.26. The number of hydrogen-bond acceptors (Lipinski definition) is 5. The third-order valence-corrected chi connectivity index (χ3v) is 3.72. The Hall–Kier alpha value is -1.46. The molecule has 1 unspecified atom stereocenters. The van der Waals surface area contributed by atoms with Crippen molar-refractivity contribution >= 4 is 5.69 Å². The third-order valence-electron chi connectivity index (χ3n) is 3.72. The van der Waals surface area contributed by atoms with Crippen LogP contribution in [-0.4, -0.2) is 44.0 Å². The van der Waals surface area contributed by atoms with Crippen LogP contribution in [0.4, 0.5) is 5.69 Å². The Kier molecular flexibility index (Phi) is 4.28. The molecule has 5 heteroatoms. The molecular formula is C15H22N2O3. The first-order chi connectivity index (χ1) is 9.81. The summed E-state index contributed by atoms with van der Waals surface area (Å²) in [5, 5.41) is 0. The molecule has 1 aromatic carbocycles. The van der Waals surface area contributed by atoms with Crippen LogP contribution >= 0.6 is 0 Å². The van der Waals surface area contributed by atoms with Crippen molar-refractivity contribution in [2.45, 2.75) is 25.6 Å². The number of nitrogens with zero attached hydrogens (tertiary/aromatic N) is 1. The van der Waals surface area contributed by atoms with Gasteiger partial charge >= 0.3 is 0 Å². The Morgan fingerprint density at radius 2 is 2.10 bits per heavy atom. The SMILES string of the molecule is Nc1ccc2c(c1)OC(OCCCN1CCCC1)CO2. The first kappa shape index (κ1) is 13.5. The molecule has 0 radical (unpaired) electrons. The highest BCUT2D eigenvalue weighted by Crippen LogP contribution is 2.33. The molecule has 0 bridgehead atoms. The fraction of sp³-hybridized carbons (Fsp3) is 0.600. The maximum Gasteiger partial charge on any atom is 0.234 e. The van der Waals surface area contributed by atoms with Crippen LogP contribution in [0.2, 0.25) is 0 Å². The average Bonchev–Trinajstić information content (AvgIpc) is 2.96. The van der Waals surface area contributed by atoms with Gasteiger partial charge in [-0.1, -0.05) is 0 Å². The van der Waals surface area contributed by atoms with Gasteiger partial charge in [0.2, 0.25) is 6.29 Å². The van der Waals surface area contributed by atoms with E-state index in [1.165, 1.54) is 25.9 Å². The molecule has 1 fully saturated rings. The second kappa shape index (κ2) is 6.33. The molecule has 3 rings (SSSR count). The van der Waals surface area contributed by atoms with Crippen molar-refractivity contribution in [3.63, 3.8) is 0 Å². The predicted molar refractivity (Wildman–Crippen MR) is 77.0 cm³/mol. The lowest BCUT2D eigenvalue weighted by molar-refractivity contribution is -0.117. The zero-order valence-electron chi connectivity index (χ0n) is 11.7. The van der Waals surface area contributed by atoms with Crippen molar-refractivity contribution < 1.29 is 14.2 Å². The first-order valence-corrected chi connectivity index (χ1v) is 7.34. The molecule has 2 aliphatic heterocycles. The number of hydrogen-bond donors (Lipinski definition) is 1. The monoisotopic (exact) mass is 278 g/mol. The lowest BCUT2D eigenvalue weighted by Crippen LogP contribution is -2.32. The lowest BCUT2D eigenvalue weighted by atomic mass is 10.2. The van der Waals surface area contributed by atoms with Gasteiger partial charge < -0.3 is 24.8 Å². The zero-order chi connectivity index (χ0) is 13.8. The Balaban J connectivity index is 1.41. The molecule has 5 nitrogen and oxygen atoms in total. The summed E-state index contributed by atoms with van der Waals surface area (Å²) in [7, 11) is 0. The van der Waals surface area contributed by atoms with Crippen molar-refractivity contribution in [2.75, 3.05) is 38.6 Å². The van der Waals surface area contributed by atoms with Gasteiger partial charge in [0.05, 0.1) is 6.61 Å². The molecule has 0 spiro atoms. The van der Waals surface area contributed by atoms with E-state index in [0.29, 0.717) is 24.7 Å². The van der Waals surface area contributed by atoms with E-state index in [-0.39, 0.29) is 6.29 Å². The second-order valence-corrected chi connectivity index (χ2v) is 5.34. The van der Waals surface area contributed by atoms with Crippen LogP contribution < -0.4 is 15.2 Å². The quantitative estimate of drug-likeness (QED) is 0.658. The molecule has 1 atom stereocenters. The molecule has 1 aromatic rings. The number of benzene rings is 1.